The third-order valence-electron chi connectivity index (χ3n) is 2.00. The van der Waals surface area contributed by atoms with E-state index in [1.807, 2.05) is 6.92 Å². The molecule has 0 aliphatic rings. The van der Waals surface area contributed by atoms with Crippen LogP contribution in [0.25, 0.3) is 10.9 Å². The van der Waals surface area contributed by atoms with Crippen LogP contribution in [0.5, 0.6) is 0 Å². The van der Waals surface area contributed by atoms with Crippen molar-refractivity contribution in [2.75, 3.05) is 0 Å². The molecule has 0 aliphatic carbocycles. The molecule has 1 heterocycles. The Kier molecular flexibility index (Phi) is 1.81. The Morgan fingerprint density at radius 3 is 3.00 bits per heavy atom. The van der Waals surface area contributed by atoms with E-state index in [4.69, 9.17) is 11.6 Å². The van der Waals surface area contributed by atoms with Gasteiger partial charge >= 0.3 is 0 Å². The highest BCUT2D eigenvalue weighted by molar-refractivity contribution is 6.37. The van der Waals surface area contributed by atoms with Crippen molar-refractivity contribution in [3.8, 4) is 0 Å². The summed E-state index contributed by atoms with van der Waals surface area (Å²) in [7, 11) is 0. The molecule has 0 unspecified atom stereocenters. The van der Waals surface area contributed by atoms with Gasteiger partial charge in [-0.3, -0.25) is 9.89 Å². The SMILES string of the molecule is Cc1[nH]nc2ccc(C=O)c(Cl)c12. The highest BCUT2D eigenvalue weighted by Gasteiger charge is 2.09. The molecule has 1 N–H and O–H groups in total. The average Bonchev–Trinajstić information content (AvgIpc) is 2.49. The first-order valence-corrected chi connectivity index (χ1v) is 4.20. The second-order valence-corrected chi connectivity index (χ2v) is 3.21. The van der Waals surface area contributed by atoms with Crippen LogP contribution in [0, 0.1) is 6.92 Å². The molecular formula is C9H7ClN2O. The van der Waals surface area contributed by atoms with E-state index in [1.165, 1.54) is 0 Å². The number of aromatic amines is 1. The Morgan fingerprint density at radius 2 is 2.31 bits per heavy atom. The van der Waals surface area contributed by atoms with Gasteiger partial charge in [0.15, 0.2) is 6.29 Å². The van der Waals surface area contributed by atoms with E-state index in [-0.39, 0.29) is 0 Å². The fourth-order valence-corrected chi connectivity index (χ4v) is 1.67. The Morgan fingerprint density at radius 1 is 1.54 bits per heavy atom. The third kappa shape index (κ3) is 1.12. The molecule has 0 aliphatic heterocycles. The standard InChI is InChI=1S/C9H7ClN2O/c1-5-8-7(12-11-5)3-2-6(4-13)9(8)10/h2-4H,1H3,(H,11,12). The summed E-state index contributed by atoms with van der Waals surface area (Å²) in [4.78, 5) is 10.6. The summed E-state index contributed by atoms with van der Waals surface area (Å²) < 4.78 is 0. The zero-order chi connectivity index (χ0) is 9.42. The smallest absolute Gasteiger partial charge is 0.151 e. The predicted octanol–water partition coefficient (Wildman–Crippen LogP) is 2.34. The highest BCUT2D eigenvalue weighted by atomic mass is 35.5. The van der Waals surface area contributed by atoms with Crippen LogP contribution in [0.2, 0.25) is 5.02 Å². The maximum Gasteiger partial charge on any atom is 0.151 e. The van der Waals surface area contributed by atoms with Crippen LogP contribution in [-0.4, -0.2) is 16.5 Å². The normalized spacial score (nSPS) is 10.6. The predicted molar refractivity (Wildman–Crippen MR) is 51.2 cm³/mol. The van der Waals surface area contributed by atoms with E-state index in [2.05, 4.69) is 10.2 Å². The molecule has 0 amide bonds. The van der Waals surface area contributed by atoms with Crippen LogP contribution < -0.4 is 0 Å². The first kappa shape index (κ1) is 8.26. The van der Waals surface area contributed by atoms with Crippen LogP contribution >= 0.6 is 11.6 Å². The number of rotatable bonds is 1. The number of aryl methyl sites for hydroxylation is 1. The van der Waals surface area contributed by atoms with Gasteiger partial charge in [-0.1, -0.05) is 11.6 Å². The molecule has 13 heavy (non-hydrogen) atoms. The number of aromatic nitrogens is 2. The summed E-state index contributed by atoms with van der Waals surface area (Å²) in [6.07, 6.45) is 0.744. The second kappa shape index (κ2) is 2.85. The summed E-state index contributed by atoms with van der Waals surface area (Å²) in [5.41, 5.74) is 2.16. The van der Waals surface area contributed by atoms with Crippen LogP contribution in [0.15, 0.2) is 12.1 Å². The molecule has 3 nitrogen and oxygen atoms in total. The third-order valence-corrected chi connectivity index (χ3v) is 2.40. The van der Waals surface area contributed by atoms with Gasteiger partial charge in [0.1, 0.15) is 0 Å². The van der Waals surface area contributed by atoms with Crippen LogP contribution in [-0.2, 0) is 0 Å². The molecule has 0 radical (unpaired) electrons. The first-order chi connectivity index (χ1) is 6.24. The van der Waals surface area contributed by atoms with Crippen molar-refractivity contribution in [2.24, 2.45) is 0 Å². The number of carbonyl (C=O) groups excluding carboxylic acids is 1. The maximum atomic E-state index is 10.6. The topological polar surface area (TPSA) is 45.8 Å². The molecule has 2 aromatic rings. The van der Waals surface area contributed by atoms with E-state index in [0.29, 0.717) is 10.6 Å². The number of halogens is 1. The lowest BCUT2D eigenvalue weighted by molar-refractivity contribution is 0.112. The Balaban J connectivity index is 2.91. The molecule has 1 aromatic heterocycles. The number of benzene rings is 1. The lowest BCUT2D eigenvalue weighted by Crippen LogP contribution is -1.82. The van der Waals surface area contributed by atoms with Crippen molar-refractivity contribution in [1.29, 1.82) is 0 Å². The molecule has 4 heteroatoms. The maximum absolute atomic E-state index is 10.6. The van der Waals surface area contributed by atoms with Crippen molar-refractivity contribution in [3.63, 3.8) is 0 Å². The Hall–Kier alpha value is -1.35. The zero-order valence-electron chi connectivity index (χ0n) is 6.97. The quantitative estimate of drug-likeness (QED) is 0.709. The fourth-order valence-electron chi connectivity index (χ4n) is 1.32. The fraction of sp³-hybridized carbons (Fsp3) is 0.111. The van der Waals surface area contributed by atoms with Crippen molar-refractivity contribution < 1.29 is 4.79 Å². The molecule has 66 valence electrons. The molecule has 0 saturated heterocycles. The minimum atomic E-state index is 0.471. The second-order valence-electron chi connectivity index (χ2n) is 2.83. The van der Waals surface area contributed by atoms with E-state index in [1.54, 1.807) is 12.1 Å². The monoisotopic (exact) mass is 194 g/mol. The van der Waals surface area contributed by atoms with E-state index >= 15 is 0 Å². The van der Waals surface area contributed by atoms with Gasteiger partial charge in [-0.05, 0) is 19.1 Å². The van der Waals surface area contributed by atoms with Gasteiger partial charge in [-0.2, -0.15) is 5.10 Å². The van der Waals surface area contributed by atoms with Crippen LogP contribution in [0.3, 0.4) is 0 Å². The van der Waals surface area contributed by atoms with E-state index in [9.17, 15) is 4.79 Å². The minimum Gasteiger partial charge on any atom is -0.298 e. The van der Waals surface area contributed by atoms with Crippen molar-refractivity contribution in [1.82, 2.24) is 10.2 Å². The number of H-pyrrole nitrogens is 1. The zero-order valence-corrected chi connectivity index (χ0v) is 7.72. The number of fused-ring (bicyclic) bond motifs is 1. The number of hydrogen-bond acceptors (Lipinski definition) is 2. The summed E-state index contributed by atoms with van der Waals surface area (Å²) >= 11 is 6.00. The lowest BCUT2D eigenvalue weighted by Gasteiger charge is -1.97. The van der Waals surface area contributed by atoms with E-state index < -0.39 is 0 Å². The minimum absolute atomic E-state index is 0.471. The van der Waals surface area contributed by atoms with Gasteiger partial charge in [-0.15, -0.1) is 0 Å². The average molecular weight is 195 g/mol. The summed E-state index contributed by atoms with van der Waals surface area (Å²) in [5, 5.41) is 8.14. The first-order valence-electron chi connectivity index (χ1n) is 3.82. The van der Waals surface area contributed by atoms with E-state index in [0.717, 1.165) is 22.9 Å². The molecule has 0 atom stereocenters. The highest BCUT2D eigenvalue weighted by Crippen LogP contribution is 2.27. The number of nitrogens with zero attached hydrogens (tertiary/aromatic N) is 1. The Bertz CT molecular complexity index is 476. The number of nitrogens with one attached hydrogen (secondary N) is 1. The molecular weight excluding hydrogens is 188 g/mol. The largest absolute Gasteiger partial charge is 0.298 e. The van der Waals surface area contributed by atoms with Crippen LogP contribution in [0.1, 0.15) is 16.1 Å². The summed E-state index contributed by atoms with van der Waals surface area (Å²) in [6.45, 7) is 1.87. The number of aldehydes is 1. The summed E-state index contributed by atoms with van der Waals surface area (Å²) in [6, 6.07) is 3.44. The Labute approximate surface area is 79.7 Å². The molecule has 0 bridgehead atoms. The number of carbonyl (C=O) groups is 1. The summed E-state index contributed by atoms with van der Waals surface area (Å²) in [5.74, 6) is 0. The van der Waals surface area contributed by atoms with Gasteiger partial charge in [-0.25, -0.2) is 0 Å². The molecule has 0 saturated carbocycles. The van der Waals surface area contributed by atoms with Gasteiger partial charge in [0.25, 0.3) is 0 Å². The van der Waals surface area contributed by atoms with Gasteiger partial charge < -0.3 is 0 Å². The van der Waals surface area contributed by atoms with Crippen molar-refractivity contribution in [2.45, 2.75) is 6.92 Å². The van der Waals surface area contributed by atoms with Gasteiger partial charge in [0.2, 0.25) is 0 Å². The number of hydrogen-bond donors (Lipinski definition) is 1. The molecule has 0 spiro atoms. The molecule has 0 fully saturated rings. The van der Waals surface area contributed by atoms with Gasteiger partial charge in [0.05, 0.1) is 10.5 Å². The lowest BCUT2D eigenvalue weighted by atomic mass is 10.1. The van der Waals surface area contributed by atoms with Crippen molar-refractivity contribution >= 4 is 28.8 Å². The molecule has 2 rings (SSSR count). The van der Waals surface area contributed by atoms with Crippen LogP contribution in [0.4, 0.5) is 0 Å². The van der Waals surface area contributed by atoms with Gasteiger partial charge in [0, 0.05) is 16.6 Å². The molecule has 1 aromatic carbocycles. The van der Waals surface area contributed by atoms with Crippen molar-refractivity contribution in [3.05, 3.63) is 28.4 Å².